The van der Waals surface area contributed by atoms with Gasteiger partial charge in [0.1, 0.15) is 0 Å². The summed E-state index contributed by atoms with van der Waals surface area (Å²) in [6, 6.07) is 17.1. The molecule has 0 aliphatic carbocycles. The normalized spacial score (nSPS) is 10.2. The summed E-state index contributed by atoms with van der Waals surface area (Å²) in [6.45, 7) is 3.44. The molecule has 0 atom stereocenters. The fraction of sp³-hybridized carbons (Fsp3) is 0.235. The third-order valence-electron chi connectivity index (χ3n) is 3.15. The molecule has 1 amide bonds. The van der Waals surface area contributed by atoms with E-state index in [4.69, 9.17) is 5.73 Å². The van der Waals surface area contributed by atoms with Crippen LogP contribution in [0.4, 0.5) is 5.69 Å². The molecular formula is C17H20N2O. The highest BCUT2D eigenvalue weighted by Crippen LogP contribution is 2.12. The van der Waals surface area contributed by atoms with Crippen LogP contribution in [0.25, 0.3) is 0 Å². The van der Waals surface area contributed by atoms with Crippen molar-refractivity contribution in [1.82, 2.24) is 4.90 Å². The molecule has 3 heteroatoms. The lowest BCUT2D eigenvalue weighted by Crippen LogP contribution is -2.31. The van der Waals surface area contributed by atoms with Crippen LogP contribution in [0.5, 0.6) is 0 Å². The molecule has 20 heavy (non-hydrogen) atoms. The number of carbonyl (C=O) groups is 1. The quantitative estimate of drug-likeness (QED) is 0.845. The Kier molecular flexibility index (Phi) is 4.77. The third-order valence-corrected chi connectivity index (χ3v) is 3.15. The molecule has 2 aromatic rings. The Morgan fingerprint density at radius 2 is 1.70 bits per heavy atom. The first kappa shape index (κ1) is 14.1. The number of anilines is 1. The van der Waals surface area contributed by atoms with Crippen LogP contribution in [0, 0.1) is 0 Å². The Labute approximate surface area is 120 Å². The van der Waals surface area contributed by atoms with E-state index in [-0.39, 0.29) is 5.91 Å². The Balaban J connectivity index is 2.14. The fourth-order valence-electron chi connectivity index (χ4n) is 2.13. The second-order valence-corrected chi connectivity index (χ2v) is 4.83. The van der Waals surface area contributed by atoms with Crippen molar-refractivity contribution in [2.24, 2.45) is 0 Å². The van der Waals surface area contributed by atoms with Gasteiger partial charge in [0.25, 0.3) is 5.91 Å². The van der Waals surface area contributed by atoms with Gasteiger partial charge in [-0.1, -0.05) is 37.3 Å². The summed E-state index contributed by atoms with van der Waals surface area (Å²) in [6.07, 6.45) is 0.938. The van der Waals surface area contributed by atoms with Crippen LogP contribution in [-0.4, -0.2) is 17.4 Å². The van der Waals surface area contributed by atoms with Crippen molar-refractivity contribution >= 4 is 11.6 Å². The van der Waals surface area contributed by atoms with Gasteiger partial charge in [-0.3, -0.25) is 4.79 Å². The number of hydrogen-bond donors (Lipinski definition) is 1. The average molecular weight is 268 g/mol. The first-order valence-electron chi connectivity index (χ1n) is 6.89. The lowest BCUT2D eigenvalue weighted by Gasteiger charge is -2.22. The molecule has 0 unspecified atom stereocenters. The van der Waals surface area contributed by atoms with Crippen molar-refractivity contribution in [3.63, 3.8) is 0 Å². The molecule has 0 saturated carbocycles. The van der Waals surface area contributed by atoms with E-state index < -0.39 is 0 Å². The van der Waals surface area contributed by atoms with Gasteiger partial charge in [-0.15, -0.1) is 0 Å². The summed E-state index contributed by atoms with van der Waals surface area (Å²) in [5, 5.41) is 0. The van der Waals surface area contributed by atoms with E-state index in [1.54, 1.807) is 0 Å². The molecular weight excluding hydrogens is 248 g/mol. The van der Waals surface area contributed by atoms with Gasteiger partial charge in [0.2, 0.25) is 0 Å². The molecule has 2 N–H and O–H groups in total. The Morgan fingerprint density at radius 1 is 1.05 bits per heavy atom. The number of amides is 1. The predicted octanol–water partition coefficient (Wildman–Crippen LogP) is 3.32. The number of nitrogens with two attached hydrogens (primary N) is 1. The number of rotatable bonds is 5. The Bertz CT molecular complexity index is 549. The summed E-state index contributed by atoms with van der Waals surface area (Å²) in [5.74, 6) is 0.0734. The molecule has 0 aliphatic rings. The van der Waals surface area contributed by atoms with Gasteiger partial charge in [0.05, 0.1) is 0 Å². The summed E-state index contributed by atoms with van der Waals surface area (Å²) in [5.41, 5.74) is 8.25. The van der Waals surface area contributed by atoms with Crippen LogP contribution in [-0.2, 0) is 6.54 Å². The van der Waals surface area contributed by atoms with Gasteiger partial charge in [0.15, 0.2) is 0 Å². The smallest absolute Gasteiger partial charge is 0.254 e. The highest BCUT2D eigenvalue weighted by Gasteiger charge is 2.14. The minimum absolute atomic E-state index is 0.0734. The highest BCUT2D eigenvalue weighted by molar-refractivity contribution is 5.94. The minimum Gasteiger partial charge on any atom is -0.399 e. The van der Waals surface area contributed by atoms with Gasteiger partial charge in [-0.05, 0) is 36.2 Å². The molecule has 3 nitrogen and oxygen atoms in total. The number of hydrogen-bond acceptors (Lipinski definition) is 2. The average Bonchev–Trinajstić information content (AvgIpc) is 2.49. The van der Waals surface area contributed by atoms with Crippen LogP contribution >= 0.6 is 0 Å². The van der Waals surface area contributed by atoms with Gasteiger partial charge in [-0.25, -0.2) is 0 Å². The molecule has 0 aromatic heterocycles. The van der Waals surface area contributed by atoms with Crippen LogP contribution in [0.3, 0.4) is 0 Å². The number of nitrogen functional groups attached to an aromatic ring is 1. The van der Waals surface area contributed by atoms with Crippen molar-refractivity contribution in [3.05, 3.63) is 65.7 Å². The molecule has 0 fully saturated rings. The van der Waals surface area contributed by atoms with E-state index >= 15 is 0 Å². The Morgan fingerprint density at radius 3 is 2.30 bits per heavy atom. The molecule has 0 radical (unpaired) electrons. The van der Waals surface area contributed by atoms with Crippen molar-refractivity contribution in [1.29, 1.82) is 0 Å². The predicted molar refractivity (Wildman–Crippen MR) is 82.3 cm³/mol. The number of nitrogens with zero attached hydrogens (tertiary/aromatic N) is 1. The zero-order valence-corrected chi connectivity index (χ0v) is 11.8. The monoisotopic (exact) mass is 268 g/mol. The minimum atomic E-state index is 0.0734. The second kappa shape index (κ2) is 6.75. The zero-order valence-electron chi connectivity index (χ0n) is 11.8. The van der Waals surface area contributed by atoms with Crippen LogP contribution in [0.15, 0.2) is 54.6 Å². The van der Waals surface area contributed by atoms with Crippen LogP contribution in [0.2, 0.25) is 0 Å². The van der Waals surface area contributed by atoms with E-state index in [1.807, 2.05) is 59.5 Å². The summed E-state index contributed by atoms with van der Waals surface area (Å²) >= 11 is 0. The molecule has 0 bridgehead atoms. The highest BCUT2D eigenvalue weighted by atomic mass is 16.2. The molecule has 0 spiro atoms. The summed E-state index contributed by atoms with van der Waals surface area (Å²) < 4.78 is 0. The maximum absolute atomic E-state index is 12.5. The van der Waals surface area contributed by atoms with Crippen molar-refractivity contribution in [2.75, 3.05) is 12.3 Å². The zero-order chi connectivity index (χ0) is 14.4. The second-order valence-electron chi connectivity index (χ2n) is 4.83. The number of carbonyl (C=O) groups excluding carboxylic acids is 1. The van der Waals surface area contributed by atoms with Gasteiger partial charge < -0.3 is 10.6 Å². The first-order valence-corrected chi connectivity index (χ1v) is 6.89. The van der Waals surface area contributed by atoms with Gasteiger partial charge in [0, 0.05) is 24.3 Å². The van der Waals surface area contributed by atoms with E-state index in [1.165, 1.54) is 0 Å². The third kappa shape index (κ3) is 3.60. The van der Waals surface area contributed by atoms with Gasteiger partial charge in [-0.2, -0.15) is 0 Å². The largest absolute Gasteiger partial charge is 0.399 e. The molecule has 0 saturated heterocycles. The van der Waals surface area contributed by atoms with E-state index in [0.717, 1.165) is 29.8 Å². The molecule has 0 heterocycles. The molecule has 104 valence electrons. The maximum atomic E-state index is 12.5. The summed E-state index contributed by atoms with van der Waals surface area (Å²) in [4.78, 5) is 14.4. The number of benzene rings is 2. The molecule has 2 aromatic carbocycles. The van der Waals surface area contributed by atoms with Crippen molar-refractivity contribution < 1.29 is 4.79 Å². The van der Waals surface area contributed by atoms with Crippen molar-refractivity contribution in [2.45, 2.75) is 19.9 Å². The molecule has 0 aliphatic heterocycles. The van der Waals surface area contributed by atoms with E-state index in [0.29, 0.717) is 6.54 Å². The van der Waals surface area contributed by atoms with Gasteiger partial charge >= 0.3 is 0 Å². The van der Waals surface area contributed by atoms with Crippen LogP contribution in [0.1, 0.15) is 29.3 Å². The lowest BCUT2D eigenvalue weighted by atomic mass is 10.1. The standard InChI is InChI=1S/C17H20N2O/c1-2-12-19(13-14-8-10-16(18)11-9-14)17(20)15-6-4-3-5-7-15/h3-11H,2,12-13,18H2,1H3. The molecule has 2 rings (SSSR count). The lowest BCUT2D eigenvalue weighted by molar-refractivity contribution is 0.0743. The Hall–Kier alpha value is -2.29. The van der Waals surface area contributed by atoms with E-state index in [9.17, 15) is 4.79 Å². The SMILES string of the molecule is CCCN(Cc1ccc(N)cc1)C(=O)c1ccccc1. The maximum Gasteiger partial charge on any atom is 0.254 e. The first-order chi connectivity index (χ1) is 9.70. The topological polar surface area (TPSA) is 46.3 Å². The van der Waals surface area contributed by atoms with E-state index in [2.05, 4.69) is 6.92 Å². The van der Waals surface area contributed by atoms with Crippen molar-refractivity contribution in [3.8, 4) is 0 Å². The fourth-order valence-corrected chi connectivity index (χ4v) is 2.13. The summed E-state index contributed by atoms with van der Waals surface area (Å²) in [7, 11) is 0. The van der Waals surface area contributed by atoms with Crippen LogP contribution < -0.4 is 5.73 Å².